The summed E-state index contributed by atoms with van der Waals surface area (Å²) in [4.78, 5) is 0. The van der Waals surface area contributed by atoms with Crippen LogP contribution in [0.1, 0.15) is 18.1 Å². The van der Waals surface area contributed by atoms with Gasteiger partial charge in [0.05, 0.1) is 16.5 Å². The van der Waals surface area contributed by atoms with Crippen molar-refractivity contribution < 1.29 is 8.99 Å². The molecule has 0 aromatic heterocycles. The number of hydrogen-bond acceptors (Lipinski definition) is 1. The molecule has 4 aromatic carbocycles. The number of hydrogen-bond donors (Lipinski definition) is 0. The van der Waals surface area contributed by atoms with Gasteiger partial charge in [0.15, 0.2) is 0 Å². The second kappa shape index (κ2) is 6.05. The fraction of sp³-hybridized carbons (Fsp3) is 0.0690. The molecule has 0 radical (unpaired) electrons. The predicted octanol–water partition coefficient (Wildman–Crippen LogP) is 7.36. The third kappa shape index (κ3) is 2.14. The van der Waals surface area contributed by atoms with Crippen LogP contribution in [0, 0.1) is 0 Å². The molecule has 7 rings (SSSR count). The van der Waals surface area contributed by atoms with Crippen molar-refractivity contribution in [1.82, 2.24) is 0 Å². The van der Waals surface area contributed by atoms with E-state index in [0.717, 1.165) is 23.3 Å². The Bertz CT molecular complexity index is 1660. The minimum atomic E-state index is 0.901. The Morgan fingerprint density at radius 1 is 0.710 bits per heavy atom. The first-order chi connectivity index (χ1) is 15.3. The van der Waals surface area contributed by atoms with Crippen molar-refractivity contribution in [2.75, 3.05) is 6.54 Å². The smallest absolute Gasteiger partial charge is 0.225 e. The number of fused-ring (bicyclic) bond motifs is 4. The first kappa shape index (κ1) is 16.8. The predicted molar refractivity (Wildman–Crippen MR) is 128 cm³/mol. The minimum absolute atomic E-state index is 0.901. The van der Waals surface area contributed by atoms with Gasteiger partial charge in [-0.25, -0.2) is 0 Å². The highest BCUT2D eigenvalue weighted by molar-refractivity contribution is 6.30. The van der Waals surface area contributed by atoms with Crippen LogP contribution in [-0.4, -0.2) is 16.8 Å². The number of rotatable bonds is 2. The second-order valence-electron chi connectivity index (χ2n) is 8.22. The summed E-state index contributed by atoms with van der Waals surface area (Å²) in [6.45, 7) is 3.13. The molecule has 0 unspecified atom stereocenters. The summed E-state index contributed by atoms with van der Waals surface area (Å²) in [5, 5.41) is 6.24. The van der Waals surface area contributed by atoms with Crippen molar-refractivity contribution in [2.24, 2.45) is 0 Å². The van der Waals surface area contributed by atoms with E-state index in [1.54, 1.807) is 0 Å². The van der Waals surface area contributed by atoms with Crippen molar-refractivity contribution in [1.29, 1.82) is 0 Å². The molecule has 1 aliphatic carbocycles. The van der Waals surface area contributed by atoms with E-state index in [1.165, 1.54) is 49.6 Å². The SMILES string of the molecule is CC[N+]1=C(c2c3oc4ccccc4cc-3c3ccccc23)c2cccc3cccc1c23. The maximum absolute atomic E-state index is 6.61. The first-order valence-electron chi connectivity index (χ1n) is 10.8. The van der Waals surface area contributed by atoms with Gasteiger partial charge in [0.1, 0.15) is 17.9 Å². The number of nitrogens with zero attached hydrogens (tertiary/aromatic N) is 1. The molecule has 0 saturated heterocycles. The Labute approximate surface area is 180 Å². The zero-order valence-corrected chi connectivity index (χ0v) is 17.2. The monoisotopic (exact) mass is 398 g/mol. The quantitative estimate of drug-likeness (QED) is 0.278. The van der Waals surface area contributed by atoms with Gasteiger partial charge >= 0.3 is 0 Å². The van der Waals surface area contributed by atoms with E-state index in [2.05, 4.69) is 96.4 Å². The third-order valence-corrected chi connectivity index (χ3v) is 6.64. The molecule has 2 heteroatoms. The van der Waals surface area contributed by atoms with Crippen LogP contribution in [0.25, 0.3) is 43.8 Å². The second-order valence-corrected chi connectivity index (χ2v) is 8.22. The zero-order valence-electron chi connectivity index (χ0n) is 17.2. The topological polar surface area (TPSA) is 16.1 Å². The lowest BCUT2D eigenvalue weighted by Crippen LogP contribution is -2.15. The molecule has 0 amide bonds. The van der Waals surface area contributed by atoms with Gasteiger partial charge in [0, 0.05) is 22.4 Å². The summed E-state index contributed by atoms with van der Waals surface area (Å²) in [7, 11) is 0. The lowest BCUT2D eigenvalue weighted by Gasteiger charge is -2.07. The summed E-state index contributed by atoms with van der Waals surface area (Å²) in [5.74, 6) is 0.971. The maximum Gasteiger partial charge on any atom is 0.225 e. The van der Waals surface area contributed by atoms with E-state index < -0.39 is 0 Å². The normalized spacial score (nSPS) is 13.3. The van der Waals surface area contributed by atoms with Crippen molar-refractivity contribution in [3.63, 3.8) is 0 Å². The molecule has 0 N–H and O–H groups in total. The van der Waals surface area contributed by atoms with Gasteiger partial charge in [-0.1, -0.05) is 66.7 Å². The van der Waals surface area contributed by atoms with Crippen molar-refractivity contribution in [3.05, 3.63) is 102 Å². The molecule has 4 aromatic rings. The van der Waals surface area contributed by atoms with Crippen LogP contribution in [0.5, 0.6) is 0 Å². The molecule has 2 heterocycles. The summed E-state index contributed by atoms with van der Waals surface area (Å²) >= 11 is 0. The van der Waals surface area contributed by atoms with Crippen molar-refractivity contribution in [2.45, 2.75) is 6.92 Å². The van der Waals surface area contributed by atoms with E-state index in [9.17, 15) is 0 Å². The molecular weight excluding hydrogens is 378 g/mol. The fourth-order valence-corrected chi connectivity index (χ4v) is 5.37. The van der Waals surface area contributed by atoms with Crippen LogP contribution < -0.4 is 0 Å². The summed E-state index contributed by atoms with van der Waals surface area (Å²) < 4.78 is 9.06. The molecule has 0 atom stereocenters. The van der Waals surface area contributed by atoms with Gasteiger partial charge in [0.2, 0.25) is 11.4 Å². The van der Waals surface area contributed by atoms with Gasteiger partial charge in [0.25, 0.3) is 0 Å². The van der Waals surface area contributed by atoms with Gasteiger partial charge in [-0.2, -0.15) is 4.58 Å². The average Bonchev–Trinajstić information content (AvgIpc) is 3.31. The standard InChI is InChI=1S/C29H20NO/c1-2-30-24-15-8-11-18-10-7-14-22(26(18)24)28(30)27-21-13-5-4-12-20(21)23-17-19-9-3-6-16-25(19)31-29(23)27/h3-17H,2H2,1H3/q+1. The highest BCUT2D eigenvalue weighted by Gasteiger charge is 2.37. The Kier molecular flexibility index (Phi) is 3.29. The van der Waals surface area contributed by atoms with Crippen LogP contribution in [0.3, 0.4) is 0 Å². The molecule has 0 saturated carbocycles. The van der Waals surface area contributed by atoms with E-state index in [4.69, 9.17) is 4.42 Å². The average molecular weight is 398 g/mol. The van der Waals surface area contributed by atoms with Crippen LogP contribution in [0.2, 0.25) is 0 Å². The molecule has 0 spiro atoms. The molecule has 2 nitrogen and oxygen atoms in total. The third-order valence-electron chi connectivity index (χ3n) is 6.64. The molecule has 2 aliphatic heterocycles. The van der Waals surface area contributed by atoms with Gasteiger partial charge in [-0.05, 0) is 35.9 Å². The molecule has 31 heavy (non-hydrogen) atoms. The van der Waals surface area contributed by atoms with Crippen LogP contribution in [0.15, 0.2) is 95.4 Å². The van der Waals surface area contributed by atoms with E-state index in [-0.39, 0.29) is 0 Å². The van der Waals surface area contributed by atoms with Crippen molar-refractivity contribution >= 4 is 43.9 Å². The van der Waals surface area contributed by atoms with Crippen LogP contribution in [-0.2, 0) is 0 Å². The van der Waals surface area contributed by atoms with Crippen LogP contribution >= 0.6 is 0 Å². The highest BCUT2D eigenvalue weighted by atomic mass is 16.3. The Balaban J connectivity index is 1.69. The molecule has 0 fully saturated rings. The maximum atomic E-state index is 6.61. The first-order valence-corrected chi connectivity index (χ1v) is 10.8. The summed E-state index contributed by atoms with van der Waals surface area (Å²) in [5.41, 5.74) is 7.11. The number of benzene rings is 4. The van der Waals surface area contributed by atoms with Crippen LogP contribution in [0.4, 0.5) is 5.69 Å². The summed E-state index contributed by atoms with van der Waals surface area (Å²) in [6.07, 6.45) is 0. The number of para-hydroxylation sites is 1. The molecule has 146 valence electrons. The molecular formula is C29H20NO+. The molecule has 0 bridgehead atoms. The zero-order chi connectivity index (χ0) is 20.5. The van der Waals surface area contributed by atoms with Crippen molar-refractivity contribution in [3.8, 4) is 11.3 Å². The van der Waals surface area contributed by atoms with Gasteiger partial charge < -0.3 is 4.42 Å². The minimum Gasteiger partial charge on any atom is -0.455 e. The largest absolute Gasteiger partial charge is 0.455 e. The Morgan fingerprint density at radius 3 is 2.32 bits per heavy atom. The Morgan fingerprint density at radius 2 is 1.45 bits per heavy atom. The summed E-state index contributed by atoms with van der Waals surface area (Å²) in [6, 6.07) is 32.5. The lowest BCUT2D eigenvalue weighted by molar-refractivity contribution is -0.431. The Hall–Kier alpha value is -3.91. The van der Waals surface area contributed by atoms with Gasteiger partial charge in [-0.3, -0.25) is 0 Å². The fourth-order valence-electron chi connectivity index (χ4n) is 5.37. The molecule has 3 aliphatic rings. The van der Waals surface area contributed by atoms with E-state index in [0.29, 0.717) is 0 Å². The van der Waals surface area contributed by atoms with E-state index in [1.807, 2.05) is 6.07 Å². The van der Waals surface area contributed by atoms with E-state index >= 15 is 0 Å². The van der Waals surface area contributed by atoms with Gasteiger partial charge in [-0.15, -0.1) is 0 Å². The lowest BCUT2D eigenvalue weighted by atomic mass is 9.97. The highest BCUT2D eigenvalue weighted by Crippen LogP contribution is 2.45.